The van der Waals surface area contributed by atoms with Gasteiger partial charge in [0.25, 0.3) is 0 Å². The minimum absolute atomic E-state index is 0.0987. The fraction of sp³-hybridized carbons (Fsp3) is 0.0909. The summed E-state index contributed by atoms with van der Waals surface area (Å²) in [7, 11) is 0. The van der Waals surface area contributed by atoms with Crippen LogP contribution >= 0.6 is 15.9 Å². The molecule has 4 nitrogen and oxygen atoms in total. The Morgan fingerprint density at radius 2 is 2.24 bits per heavy atom. The first-order chi connectivity index (χ1) is 8.20. The third-order valence-electron chi connectivity index (χ3n) is 2.07. The quantitative estimate of drug-likeness (QED) is 0.946. The van der Waals surface area contributed by atoms with Crippen LogP contribution in [0.1, 0.15) is 5.56 Å². The van der Waals surface area contributed by atoms with Crippen LogP contribution in [0.3, 0.4) is 0 Å². The lowest BCUT2D eigenvalue weighted by Crippen LogP contribution is -1.98. The Kier molecular flexibility index (Phi) is 3.65. The zero-order valence-electron chi connectivity index (χ0n) is 8.73. The maximum atomic E-state index is 13.6. The minimum atomic E-state index is -0.474. The summed E-state index contributed by atoms with van der Waals surface area (Å²) in [5, 5.41) is 0. The molecule has 0 aliphatic rings. The molecule has 0 fully saturated rings. The highest BCUT2D eigenvalue weighted by Gasteiger charge is 2.08. The van der Waals surface area contributed by atoms with E-state index in [1.807, 2.05) is 0 Å². The number of nitrogens with two attached hydrogens (primary N) is 1. The van der Waals surface area contributed by atoms with Crippen LogP contribution in [0, 0.1) is 5.82 Å². The van der Waals surface area contributed by atoms with Crippen LogP contribution in [-0.4, -0.2) is 9.97 Å². The van der Waals surface area contributed by atoms with E-state index in [0.29, 0.717) is 10.0 Å². The van der Waals surface area contributed by atoms with E-state index >= 15 is 0 Å². The molecule has 0 saturated carbocycles. The van der Waals surface area contributed by atoms with Crippen molar-refractivity contribution in [2.24, 2.45) is 5.73 Å². The van der Waals surface area contributed by atoms with Crippen molar-refractivity contribution in [1.29, 1.82) is 0 Å². The third kappa shape index (κ3) is 2.78. The lowest BCUT2D eigenvalue weighted by Gasteiger charge is -2.07. The summed E-state index contributed by atoms with van der Waals surface area (Å²) in [6.07, 6.45) is 2.85. The summed E-state index contributed by atoms with van der Waals surface area (Å²) in [6.45, 7) is 0.286. The smallest absolute Gasteiger partial charge is 0.236 e. The monoisotopic (exact) mass is 297 g/mol. The molecule has 1 aromatic carbocycles. The maximum Gasteiger partial charge on any atom is 0.236 e. The van der Waals surface area contributed by atoms with Gasteiger partial charge in [0.2, 0.25) is 5.88 Å². The summed E-state index contributed by atoms with van der Waals surface area (Å²) < 4.78 is 19.5. The molecule has 17 heavy (non-hydrogen) atoms. The number of ether oxygens (including phenoxy) is 1. The highest BCUT2D eigenvalue weighted by Crippen LogP contribution is 2.28. The summed E-state index contributed by atoms with van der Waals surface area (Å²) in [5.74, 6) is -0.112. The molecule has 0 unspecified atom stereocenters. The van der Waals surface area contributed by atoms with Gasteiger partial charge in [0, 0.05) is 12.7 Å². The average Bonchev–Trinajstić information content (AvgIpc) is 2.34. The largest absolute Gasteiger partial charge is 0.435 e. The van der Waals surface area contributed by atoms with E-state index in [1.54, 1.807) is 6.07 Å². The van der Waals surface area contributed by atoms with Crippen molar-refractivity contribution in [3.8, 4) is 11.6 Å². The van der Waals surface area contributed by atoms with Gasteiger partial charge in [-0.25, -0.2) is 14.4 Å². The lowest BCUT2D eigenvalue weighted by molar-refractivity contribution is 0.423. The van der Waals surface area contributed by atoms with E-state index < -0.39 is 5.82 Å². The van der Waals surface area contributed by atoms with E-state index in [0.717, 1.165) is 0 Å². The van der Waals surface area contributed by atoms with Crippen LogP contribution in [0.15, 0.2) is 35.2 Å². The molecule has 6 heteroatoms. The van der Waals surface area contributed by atoms with Gasteiger partial charge >= 0.3 is 0 Å². The van der Waals surface area contributed by atoms with Crippen LogP contribution in [0.4, 0.5) is 4.39 Å². The molecule has 2 N–H and O–H groups in total. The first-order valence-corrected chi connectivity index (χ1v) is 5.62. The number of nitrogens with zero attached hydrogens (tertiary/aromatic N) is 2. The molecule has 0 atom stereocenters. The highest BCUT2D eigenvalue weighted by molar-refractivity contribution is 9.10. The van der Waals surface area contributed by atoms with Crippen molar-refractivity contribution in [2.45, 2.75) is 6.54 Å². The standard InChI is InChI=1S/C11H9BrFN3O/c12-8-5-15-6-16-11(8)17-10-2-1-7(4-14)3-9(10)13/h1-3,5-6H,4,14H2. The van der Waals surface area contributed by atoms with Crippen LogP contribution in [0.2, 0.25) is 0 Å². The zero-order chi connectivity index (χ0) is 12.3. The lowest BCUT2D eigenvalue weighted by atomic mass is 10.2. The Morgan fingerprint density at radius 1 is 1.41 bits per heavy atom. The maximum absolute atomic E-state index is 13.6. The molecule has 0 bridgehead atoms. The molecule has 0 amide bonds. The topological polar surface area (TPSA) is 61.0 Å². The molecule has 2 rings (SSSR count). The molecule has 88 valence electrons. The summed E-state index contributed by atoms with van der Waals surface area (Å²) >= 11 is 3.21. The molecule has 0 aliphatic heterocycles. The minimum Gasteiger partial charge on any atom is -0.435 e. The molecular formula is C11H9BrFN3O. The second-order valence-electron chi connectivity index (χ2n) is 3.25. The second kappa shape index (κ2) is 5.20. The predicted molar refractivity (Wildman–Crippen MR) is 64.1 cm³/mol. The van der Waals surface area contributed by atoms with Gasteiger partial charge in [-0.2, -0.15) is 0 Å². The number of halogens is 2. The molecular weight excluding hydrogens is 289 g/mol. The molecule has 1 aromatic heterocycles. The summed E-state index contributed by atoms with van der Waals surface area (Å²) in [5.41, 5.74) is 6.12. The van der Waals surface area contributed by atoms with E-state index in [9.17, 15) is 4.39 Å². The molecule has 1 heterocycles. The summed E-state index contributed by atoms with van der Waals surface area (Å²) in [4.78, 5) is 7.67. The molecule has 0 radical (unpaired) electrons. The Morgan fingerprint density at radius 3 is 2.88 bits per heavy atom. The Bertz CT molecular complexity index is 536. The number of hydrogen-bond donors (Lipinski definition) is 1. The van der Waals surface area contributed by atoms with Gasteiger partial charge in [-0.15, -0.1) is 0 Å². The molecule has 0 saturated heterocycles. The number of rotatable bonds is 3. The van der Waals surface area contributed by atoms with Gasteiger partial charge in [0.05, 0.1) is 4.47 Å². The van der Waals surface area contributed by atoms with Gasteiger partial charge in [-0.3, -0.25) is 0 Å². The number of hydrogen-bond acceptors (Lipinski definition) is 4. The van der Waals surface area contributed by atoms with Crippen LogP contribution < -0.4 is 10.5 Å². The van der Waals surface area contributed by atoms with E-state index in [1.165, 1.54) is 24.7 Å². The van der Waals surface area contributed by atoms with Crippen molar-refractivity contribution in [2.75, 3.05) is 0 Å². The fourth-order valence-corrected chi connectivity index (χ4v) is 1.54. The number of benzene rings is 1. The first-order valence-electron chi connectivity index (χ1n) is 4.82. The van der Waals surface area contributed by atoms with Crippen LogP contribution in [0.25, 0.3) is 0 Å². The fourth-order valence-electron chi connectivity index (χ4n) is 1.23. The average molecular weight is 298 g/mol. The first kappa shape index (κ1) is 11.9. The van der Waals surface area contributed by atoms with E-state index in [4.69, 9.17) is 10.5 Å². The molecule has 2 aromatic rings. The third-order valence-corrected chi connectivity index (χ3v) is 2.62. The highest BCUT2D eigenvalue weighted by atomic mass is 79.9. The van der Waals surface area contributed by atoms with E-state index in [2.05, 4.69) is 25.9 Å². The molecule has 0 aliphatic carbocycles. The zero-order valence-corrected chi connectivity index (χ0v) is 10.3. The van der Waals surface area contributed by atoms with E-state index in [-0.39, 0.29) is 18.2 Å². The van der Waals surface area contributed by atoms with Gasteiger partial charge in [0.15, 0.2) is 11.6 Å². The second-order valence-corrected chi connectivity index (χ2v) is 4.10. The van der Waals surface area contributed by atoms with Gasteiger partial charge in [-0.05, 0) is 33.6 Å². The van der Waals surface area contributed by atoms with Crippen molar-refractivity contribution < 1.29 is 9.13 Å². The van der Waals surface area contributed by atoms with Crippen molar-refractivity contribution >= 4 is 15.9 Å². The number of aromatic nitrogens is 2. The van der Waals surface area contributed by atoms with Gasteiger partial charge in [0.1, 0.15) is 6.33 Å². The Balaban J connectivity index is 2.28. The Hall–Kier alpha value is -1.53. The Labute approximate surface area is 106 Å². The van der Waals surface area contributed by atoms with Crippen LogP contribution in [-0.2, 0) is 6.54 Å². The van der Waals surface area contributed by atoms with Gasteiger partial charge < -0.3 is 10.5 Å². The van der Waals surface area contributed by atoms with Crippen molar-refractivity contribution in [3.63, 3.8) is 0 Å². The van der Waals surface area contributed by atoms with Gasteiger partial charge in [-0.1, -0.05) is 6.07 Å². The SMILES string of the molecule is NCc1ccc(Oc2ncncc2Br)c(F)c1. The molecule has 0 spiro atoms. The summed E-state index contributed by atoms with van der Waals surface area (Å²) in [6, 6.07) is 4.56. The van der Waals surface area contributed by atoms with Crippen molar-refractivity contribution in [3.05, 3.63) is 46.6 Å². The van der Waals surface area contributed by atoms with Crippen molar-refractivity contribution in [1.82, 2.24) is 9.97 Å². The predicted octanol–water partition coefficient (Wildman–Crippen LogP) is 2.63. The van der Waals surface area contributed by atoms with Crippen LogP contribution in [0.5, 0.6) is 11.6 Å². The normalized spacial score (nSPS) is 10.3.